The van der Waals surface area contributed by atoms with E-state index in [2.05, 4.69) is 84.2 Å². The van der Waals surface area contributed by atoms with E-state index in [9.17, 15) is 13.2 Å². The molecule has 0 bridgehead atoms. The minimum absolute atomic E-state index is 0.0159. The number of pyridine rings is 1. The Hall–Kier alpha value is -0.973. The van der Waals surface area contributed by atoms with E-state index in [-0.39, 0.29) is 26.4 Å². The molecule has 4 atom stereocenters. The van der Waals surface area contributed by atoms with Gasteiger partial charge in [0, 0.05) is 32.0 Å². The van der Waals surface area contributed by atoms with Crippen molar-refractivity contribution in [2.45, 2.75) is 133 Å². The Labute approximate surface area is 258 Å². The lowest BCUT2D eigenvalue weighted by atomic mass is 9.70. The Balaban J connectivity index is 1.81. The average molecular weight is 700 g/mol. The van der Waals surface area contributed by atoms with Crippen molar-refractivity contribution in [1.29, 1.82) is 0 Å². The number of rotatable bonds is 4. The van der Waals surface area contributed by atoms with Gasteiger partial charge in [0.1, 0.15) is 11.7 Å². The van der Waals surface area contributed by atoms with E-state index in [1.807, 2.05) is 0 Å². The van der Waals surface area contributed by atoms with Gasteiger partial charge in [-0.15, -0.1) is 0 Å². The molecule has 5 rings (SSSR count). The number of hydrogen-bond donors (Lipinski definition) is 0. The molecule has 3 nitrogen and oxygen atoms in total. The molecular weight excluding hydrogens is 654 g/mol. The highest BCUT2D eigenvalue weighted by Crippen LogP contribution is 2.62. The summed E-state index contributed by atoms with van der Waals surface area (Å²) in [4.78, 5) is 5.38. The van der Waals surface area contributed by atoms with Gasteiger partial charge in [0.25, 0.3) is 0 Å². The molecule has 1 spiro atoms. The first-order chi connectivity index (χ1) is 18.8. The summed E-state index contributed by atoms with van der Waals surface area (Å²) in [7, 11) is -2.16. The summed E-state index contributed by atoms with van der Waals surface area (Å²) in [5.74, 6) is 0.0972. The fourth-order valence-corrected chi connectivity index (χ4v) is 9.35. The summed E-state index contributed by atoms with van der Waals surface area (Å²) in [6.07, 6.45) is -0.507. The van der Waals surface area contributed by atoms with Crippen molar-refractivity contribution in [2.24, 2.45) is 5.41 Å². The van der Waals surface area contributed by atoms with Gasteiger partial charge in [-0.3, -0.25) is 4.98 Å². The molecule has 8 heteroatoms. The van der Waals surface area contributed by atoms with Crippen molar-refractivity contribution >= 4 is 30.9 Å². The second-order valence-corrected chi connectivity index (χ2v) is 21.3. The number of benzene rings is 1. The highest BCUT2D eigenvalue weighted by Gasteiger charge is 2.57. The first kappa shape index (κ1) is 31.5. The largest absolute Gasteiger partial charge is 0.416 e. The van der Waals surface area contributed by atoms with Crippen LogP contribution in [0, 0.1) is 5.41 Å². The van der Waals surface area contributed by atoms with E-state index in [0.29, 0.717) is 5.56 Å². The Morgan fingerprint density at radius 1 is 1.12 bits per heavy atom. The molecule has 0 radical (unpaired) electrons. The van der Waals surface area contributed by atoms with Gasteiger partial charge in [-0.2, -0.15) is 13.2 Å². The normalized spacial score (nSPS) is 27.9. The smallest absolute Gasteiger partial charge is 0.410 e. The van der Waals surface area contributed by atoms with Crippen LogP contribution >= 0.6 is 22.6 Å². The molecule has 0 saturated heterocycles. The molecule has 226 valence electrons. The molecule has 1 aromatic carbocycles. The maximum Gasteiger partial charge on any atom is 0.416 e. The van der Waals surface area contributed by atoms with Crippen LogP contribution in [-0.4, -0.2) is 17.2 Å². The van der Waals surface area contributed by atoms with Crippen LogP contribution in [0.2, 0.25) is 18.1 Å². The maximum absolute atomic E-state index is 13.9. The van der Waals surface area contributed by atoms with E-state index in [1.54, 1.807) is 6.07 Å². The summed E-state index contributed by atoms with van der Waals surface area (Å²) in [6.45, 7) is 20.3. The molecule has 0 amide bonds. The van der Waals surface area contributed by atoms with Crippen LogP contribution in [0.1, 0.15) is 131 Å². The Kier molecular flexibility index (Phi) is 7.90. The lowest BCUT2D eigenvalue weighted by Gasteiger charge is -2.45. The number of ether oxygens (including phenoxy) is 1. The number of halogens is 4. The quantitative estimate of drug-likeness (QED) is 0.181. The number of nitrogens with zero attached hydrogens (tertiary/aromatic N) is 1. The van der Waals surface area contributed by atoms with Gasteiger partial charge in [-0.1, -0.05) is 83.2 Å². The second kappa shape index (κ2) is 10.3. The Morgan fingerprint density at radius 2 is 1.80 bits per heavy atom. The van der Waals surface area contributed by atoms with Gasteiger partial charge in [0.05, 0.1) is 11.7 Å². The predicted octanol–water partition coefficient (Wildman–Crippen LogP) is 10.6. The van der Waals surface area contributed by atoms with Crippen LogP contribution in [-0.2, 0) is 27.4 Å². The summed E-state index contributed by atoms with van der Waals surface area (Å²) in [6, 6.07) is 5.72. The van der Waals surface area contributed by atoms with Crippen molar-refractivity contribution in [3.05, 3.63) is 63.5 Å². The highest BCUT2D eigenvalue weighted by atomic mass is 127. The highest BCUT2D eigenvalue weighted by molar-refractivity contribution is 14.1. The van der Waals surface area contributed by atoms with Crippen molar-refractivity contribution < 1.29 is 22.3 Å². The summed E-state index contributed by atoms with van der Waals surface area (Å²) >= 11 is 2.53. The van der Waals surface area contributed by atoms with E-state index in [4.69, 9.17) is 14.1 Å². The molecule has 2 aliphatic carbocycles. The predicted molar refractivity (Wildman–Crippen MR) is 169 cm³/mol. The van der Waals surface area contributed by atoms with Crippen molar-refractivity contribution in [1.82, 2.24) is 4.98 Å². The third kappa shape index (κ3) is 5.46. The Morgan fingerprint density at radius 3 is 2.37 bits per heavy atom. The van der Waals surface area contributed by atoms with E-state index in [1.165, 1.54) is 23.3 Å². The molecule has 3 unspecified atom stereocenters. The van der Waals surface area contributed by atoms with E-state index < -0.39 is 31.8 Å². The lowest BCUT2D eigenvalue weighted by Crippen LogP contribution is -2.44. The zero-order valence-electron chi connectivity index (χ0n) is 25.9. The van der Waals surface area contributed by atoms with Crippen molar-refractivity contribution in [3.8, 4) is 0 Å². The van der Waals surface area contributed by atoms with Crippen LogP contribution in [0.4, 0.5) is 13.2 Å². The topological polar surface area (TPSA) is 31.4 Å². The van der Waals surface area contributed by atoms with Gasteiger partial charge >= 0.3 is 6.18 Å². The van der Waals surface area contributed by atoms with Gasteiger partial charge in [-0.05, 0) is 79.3 Å². The summed E-state index contributed by atoms with van der Waals surface area (Å²) in [5.41, 5.74) is 4.75. The van der Waals surface area contributed by atoms with Crippen LogP contribution in [0.15, 0.2) is 24.3 Å². The zero-order chi connectivity index (χ0) is 30.3. The SMILES string of the molecule is CC(C)c1nc2c(c3c1[C@@H](c1cccc(C(F)(F)F)c1)OC31CCCC1I)C(O[Si](C)(C)C(C)(C)C)CC(C)(C)C2. The standard InChI is InChI=1S/C33H45F3INO2Si/c1-19(2)28-26-27(25-22(38-28)17-31(6,7)18-23(25)40-41(8,9)30(3,4)5)32(15-11-14-24(32)37)39-29(26)20-12-10-13-21(16-20)33(34,35)36/h10,12-13,16,19,23-24,29H,11,14-15,17-18H2,1-9H3/t23?,24?,29-,32?/m1/s1. The molecule has 3 aliphatic rings. The number of fused-ring (bicyclic) bond motifs is 4. The van der Waals surface area contributed by atoms with Crippen molar-refractivity contribution in [3.63, 3.8) is 0 Å². The van der Waals surface area contributed by atoms with Crippen LogP contribution in [0.3, 0.4) is 0 Å². The average Bonchev–Trinajstić information content (AvgIpc) is 3.37. The van der Waals surface area contributed by atoms with Crippen LogP contribution in [0.5, 0.6) is 0 Å². The van der Waals surface area contributed by atoms with Crippen molar-refractivity contribution in [2.75, 3.05) is 0 Å². The monoisotopic (exact) mass is 699 g/mol. The third-order valence-corrected chi connectivity index (χ3v) is 16.0. The molecule has 1 aromatic heterocycles. The summed E-state index contributed by atoms with van der Waals surface area (Å²) in [5, 5.41) is 0.0388. The lowest BCUT2D eigenvalue weighted by molar-refractivity contribution is -0.137. The first-order valence-corrected chi connectivity index (χ1v) is 19.2. The second-order valence-electron chi connectivity index (χ2n) is 15.1. The minimum Gasteiger partial charge on any atom is -0.410 e. The minimum atomic E-state index is -4.42. The van der Waals surface area contributed by atoms with E-state index >= 15 is 0 Å². The molecule has 1 aliphatic heterocycles. The molecule has 0 N–H and O–H groups in total. The fraction of sp³-hybridized carbons (Fsp3) is 0.667. The number of aromatic nitrogens is 1. The van der Waals surface area contributed by atoms with Gasteiger partial charge < -0.3 is 9.16 Å². The van der Waals surface area contributed by atoms with Crippen LogP contribution < -0.4 is 0 Å². The maximum atomic E-state index is 13.9. The third-order valence-electron chi connectivity index (χ3n) is 9.92. The number of alkyl halides is 4. The Bertz CT molecular complexity index is 1330. The molecule has 41 heavy (non-hydrogen) atoms. The molecular formula is C33H45F3INO2Si. The van der Waals surface area contributed by atoms with Gasteiger partial charge in [0.15, 0.2) is 8.32 Å². The van der Waals surface area contributed by atoms with Gasteiger partial charge in [0.2, 0.25) is 0 Å². The molecule has 2 aromatic rings. The zero-order valence-corrected chi connectivity index (χ0v) is 29.1. The fourth-order valence-electron chi connectivity index (χ4n) is 6.88. The van der Waals surface area contributed by atoms with Crippen LogP contribution in [0.25, 0.3) is 0 Å². The molecule has 1 saturated carbocycles. The molecule has 1 fully saturated rings. The number of hydrogen-bond acceptors (Lipinski definition) is 3. The molecule has 2 heterocycles. The van der Waals surface area contributed by atoms with E-state index in [0.717, 1.165) is 55.1 Å². The summed E-state index contributed by atoms with van der Waals surface area (Å²) < 4.78 is 56.2. The first-order valence-electron chi connectivity index (χ1n) is 15.0. The van der Waals surface area contributed by atoms with Gasteiger partial charge in [-0.25, -0.2) is 0 Å².